The number of carbonyl (C=O) groups excluding carboxylic acids is 1. The number of aryl methyl sites for hydroxylation is 1. The van der Waals surface area contributed by atoms with Crippen molar-refractivity contribution in [2.75, 3.05) is 6.54 Å². The first-order valence-electron chi connectivity index (χ1n) is 7.11. The highest BCUT2D eigenvalue weighted by Gasteiger charge is 2.23. The topological polar surface area (TPSA) is 62.2 Å². The quantitative estimate of drug-likeness (QED) is 0.842. The van der Waals surface area contributed by atoms with Crippen molar-refractivity contribution in [2.45, 2.75) is 51.6 Å². The molecule has 19 heavy (non-hydrogen) atoms. The van der Waals surface area contributed by atoms with E-state index in [-0.39, 0.29) is 5.91 Å². The molecular weight excluding hydrogens is 260 g/mol. The summed E-state index contributed by atoms with van der Waals surface area (Å²) in [4.78, 5) is 16.8. The van der Waals surface area contributed by atoms with E-state index >= 15 is 0 Å². The Bertz CT molecular complexity index is 413. The number of amides is 1. The molecule has 1 atom stereocenters. The molecule has 1 amide bonds. The highest BCUT2D eigenvalue weighted by molar-refractivity contribution is 7.13. The van der Waals surface area contributed by atoms with E-state index in [1.54, 1.807) is 6.20 Å². The number of hydrogen-bond acceptors (Lipinski definition) is 4. The van der Waals surface area contributed by atoms with Crippen LogP contribution in [0.5, 0.6) is 0 Å². The molecule has 1 unspecified atom stereocenters. The van der Waals surface area contributed by atoms with Crippen molar-refractivity contribution in [3.63, 3.8) is 0 Å². The average Bonchev–Trinajstić information content (AvgIpc) is 3.06. The van der Waals surface area contributed by atoms with Crippen molar-refractivity contribution < 1.29 is 9.90 Å². The first-order chi connectivity index (χ1) is 9.20. The van der Waals surface area contributed by atoms with Gasteiger partial charge in [0.2, 0.25) is 0 Å². The fourth-order valence-electron chi connectivity index (χ4n) is 2.54. The number of aromatic nitrogens is 1. The third-order valence-electron chi connectivity index (χ3n) is 3.66. The predicted octanol–water partition coefficient (Wildman–Crippen LogP) is 2.38. The Morgan fingerprint density at radius 3 is 3.00 bits per heavy atom. The Morgan fingerprint density at radius 1 is 1.58 bits per heavy atom. The summed E-state index contributed by atoms with van der Waals surface area (Å²) >= 11 is 1.44. The van der Waals surface area contributed by atoms with Crippen LogP contribution in [0.3, 0.4) is 0 Å². The van der Waals surface area contributed by atoms with Gasteiger partial charge in [-0.3, -0.25) is 4.79 Å². The van der Waals surface area contributed by atoms with Crippen LogP contribution in [0.4, 0.5) is 0 Å². The second-order valence-corrected chi connectivity index (χ2v) is 6.31. The van der Waals surface area contributed by atoms with E-state index in [4.69, 9.17) is 0 Å². The van der Waals surface area contributed by atoms with Gasteiger partial charge in [0.15, 0.2) is 0 Å². The van der Waals surface area contributed by atoms with Crippen molar-refractivity contribution in [3.8, 4) is 0 Å². The Morgan fingerprint density at radius 2 is 2.32 bits per heavy atom. The summed E-state index contributed by atoms with van der Waals surface area (Å²) in [5.74, 6) is 0.245. The minimum Gasteiger partial charge on any atom is -0.391 e. The van der Waals surface area contributed by atoms with Crippen LogP contribution in [0.1, 0.15) is 53.7 Å². The van der Waals surface area contributed by atoms with Gasteiger partial charge < -0.3 is 10.4 Å². The first kappa shape index (κ1) is 14.5. The van der Waals surface area contributed by atoms with E-state index in [0.717, 1.165) is 30.7 Å². The summed E-state index contributed by atoms with van der Waals surface area (Å²) in [6.07, 6.45) is 7.74. The van der Waals surface area contributed by atoms with Crippen molar-refractivity contribution in [2.24, 2.45) is 5.92 Å². The molecule has 106 valence electrons. The highest BCUT2D eigenvalue weighted by atomic mass is 32.1. The van der Waals surface area contributed by atoms with Gasteiger partial charge in [-0.2, -0.15) is 0 Å². The molecule has 0 spiro atoms. The molecule has 1 fully saturated rings. The smallest absolute Gasteiger partial charge is 0.263 e. The zero-order chi connectivity index (χ0) is 13.7. The second-order valence-electron chi connectivity index (χ2n) is 5.19. The summed E-state index contributed by atoms with van der Waals surface area (Å²) in [5.41, 5.74) is 0. The van der Waals surface area contributed by atoms with Gasteiger partial charge in [0.25, 0.3) is 5.91 Å². The summed E-state index contributed by atoms with van der Waals surface area (Å²) < 4.78 is 0. The van der Waals surface area contributed by atoms with Crippen LogP contribution in [0.2, 0.25) is 0 Å². The molecule has 1 aliphatic carbocycles. The zero-order valence-electron chi connectivity index (χ0n) is 11.4. The lowest BCUT2D eigenvalue weighted by atomic mass is 10.0. The largest absolute Gasteiger partial charge is 0.391 e. The number of aliphatic hydroxyl groups excluding tert-OH is 1. The van der Waals surface area contributed by atoms with Gasteiger partial charge >= 0.3 is 0 Å². The molecule has 0 saturated heterocycles. The zero-order valence-corrected chi connectivity index (χ0v) is 12.2. The van der Waals surface area contributed by atoms with E-state index in [1.807, 2.05) is 0 Å². The molecule has 1 saturated carbocycles. The van der Waals surface area contributed by atoms with Crippen LogP contribution in [0, 0.1) is 5.92 Å². The molecule has 5 heteroatoms. The minimum atomic E-state index is -0.408. The standard InChI is InChI=1S/C14H22N2O2S/c1-2-5-13-15-9-12(19-13)14(18)16-8-11(17)10-6-3-4-7-10/h9-11,17H,2-8H2,1H3,(H,16,18). The van der Waals surface area contributed by atoms with Crippen LogP contribution >= 0.6 is 11.3 Å². The maximum absolute atomic E-state index is 11.9. The summed E-state index contributed by atoms with van der Waals surface area (Å²) in [7, 11) is 0. The molecule has 1 aliphatic rings. The van der Waals surface area contributed by atoms with Gasteiger partial charge in [-0.05, 0) is 31.6 Å². The minimum absolute atomic E-state index is 0.114. The normalized spacial score (nSPS) is 17.6. The lowest BCUT2D eigenvalue weighted by molar-refractivity contribution is 0.0843. The average molecular weight is 282 g/mol. The first-order valence-corrected chi connectivity index (χ1v) is 7.93. The van der Waals surface area contributed by atoms with Crippen molar-refractivity contribution >= 4 is 17.2 Å². The monoisotopic (exact) mass is 282 g/mol. The summed E-state index contributed by atoms with van der Waals surface area (Å²) in [6, 6.07) is 0. The van der Waals surface area contributed by atoms with Crippen molar-refractivity contribution in [1.82, 2.24) is 10.3 Å². The Labute approximate surface area is 118 Å². The summed E-state index contributed by atoms with van der Waals surface area (Å²) in [6.45, 7) is 2.45. The fraction of sp³-hybridized carbons (Fsp3) is 0.714. The van der Waals surface area contributed by atoms with Gasteiger partial charge in [0.1, 0.15) is 4.88 Å². The molecule has 1 aromatic heterocycles. The van der Waals surface area contributed by atoms with E-state index in [0.29, 0.717) is 17.3 Å². The van der Waals surface area contributed by atoms with Crippen molar-refractivity contribution in [1.29, 1.82) is 0 Å². The molecule has 4 nitrogen and oxygen atoms in total. The molecule has 0 radical (unpaired) electrons. The second kappa shape index (κ2) is 7.01. The van der Waals surface area contributed by atoms with Gasteiger partial charge in [-0.25, -0.2) is 4.98 Å². The molecule has 2 N–H and O–H groups in total. The van der Waals surface area contributed by atoms with Crippen LogP contribution < -0.4 is 5.32 Å². The predicted molar refractivity (Wildman–Crippen MR) is 76.4 cm³/mol. The Hall–Kier alpha value is -0.940. The Kier molecular flexibility index (Phi) is 5.34. The number of nitrogens with one attached hydrogen (secondary N) is 1. The van der Waals surface area contributed by atoms with Crippen LogP contribution in [-0.4, -0.2) is 28.6 Å². The Balaban J connectivity index is 1.79. The number of nitrogens with zero attached hydrogens (tertiary/aromatic N) is 1. The molecule has 0 bridgehead atoms. The van der Waals surface area contributed by atoms with Gasteiger partial charge in [0, 0.05) is 6.54 Å². The maximum Gasteiger partial charge on any atom is 0.263 e. The number of rotatable bonds is 6. The molecular formula is C14H22N2O2S. The third-order valence-corrected chi connectivity index (χ3v) is 4.71. The van der Waals surface area contributed by atoms with E-state index in [1.165, 1.54) is 24.2 Å². The molecule has 0 aromatic carbocycles. The molecule has 1 aromatic rings. The van der Waals surface area contributed by atoms with Gasteiger partial charge in [-0.15, -0.1) is 11.3 Å². The number of aliphatic hydroxyl groups is 1. The van der Waals surface area contributed by atoms with Crippen LogP contribution in [-0.2, 0) is 6.42 Å². The van der Waals surface area contributed by atoms with Gasteiger partial charge in [0.05, 0.1) is 17.3 Å². The SMILES string of the molecule is CCCc1ncc(C(=O)NCC(O)C2CCCC2)s1. The number of carbonyl (C=O) groups is 1. The third kappa shape index (κ3) is 4.01. The molecule has 0 aliphatic heterocycles. The van der Waals surface area contributed by atoms with Crippen LogP contribution in [0.15, 0.2) is 6.20 Å². The van der Waals surface area contributed by atoms with Crippen LogP contribution in [0.25, 0.3) is 0 Å². The number of thiazole rings is 1. The molecule has 1 heterocycles. The van der Waals surface area contributed by atoms with E-state index in [9.17, 15) is 9.90 Å². The highest BCUT2D eigenvalue weighted by Crippen LogP contribution is 2.27. The van der Waals surface area contributed by atoms with E-state index in [2.05, 4.69) is 17.2 Å². The van der Waals surface area contributed by atoms with Crippen molar-refractivity contribution in [3.05, 3.63) is 16.1 Å². The number of hydrogen-bond donors (Lipinski definition) is 2. The van der Waals surface area contributed by atoms with E-state index < -0.39 is 6.10 Å². The summed E-state index contributed by atoms with van der Waals surface area (Å²) in [5, 5.41) is 13.8. The molecule has 2 rings (SSSR count). The maximum atomic E-state index is 11.9. The lowest BCUT2D eigenvalue weighted by Gasteiger charge is -2.17. The fourth-order valence-corrected chi connectivity index (χ4v) is 3.47. The lowest BCUT2D eigenvalue weighted by Crippen LogP contribution is -2.35. The van der Waals surface area contributed by atoms with Gasteiger partial charge in [-0.1, -0.05) is 19.8 Å².